The molecule has 2 aliphatic heterocycles. The van der Waals surface area contributed by atoms with Crippen LogP contribution < -0.4 is 14.4 Å². The summed E-state index contributed by atoms with van der Waals surface area (Å²) in [5.74, 6) is 0.992. The molecule has 7 nitrogen and oxygen atoms in total. The maximum atomic E-state index is 12.2. The third-order valence-electron chi connectivity index (χ3n) is 3.70. The van der Waals surface area contributed by atoms with Crippen LogP contribution >= 0.6 is 0 Å². The Hall–Kier alpha value is -1.35. The molecule has 1 aromatic carbocycles. The second-order valence-corrected chi connectivity index (χ2v) is 6.93. The maximum Gasteiger partial charge on any atom is 0.262 e. The Balaban J connectivity index is 1.55. The Bertz CT molecular complexity index is 614. The van der Waals surface area contributed by atoms with Gasteiger partial charge < -0.3 is 14.4 Å². The Morgan fingerprint density at radius 3 is 2.64 bits per heavy atom. The van der Waals surface area contributed by atoms with E-state index in [4.69, 9.17) is 14.3 Å². The van der Waals surface area contributed by atoms with Crippen molar-refractivity contribution in [1.82, 2.24) is 9.79 Å². The third-order valence-corrected chi connectivity index (χ3v) is 4.91. The second kappa shape index (κ2) is 6.82. The van der Waals surface area contributed by atoms with Crippen LogP contribution in [0.4, 0.5) is 0 Å². The van der Waals surface area contributed by atoms with Crippen molar-refractivity contribution < 1.29 is 22.7 Å². The zero-order valence-corrected chi connectivity index (χ0v) is 13.1. The smallest absolute Gasteiger partial charge is 0.262 e. The van der Waals surface area contributed by atoms with E-state index in [-0.39, 0.29) is 4.90 Å². The number of sulfonamides is 1. The van der Waals surface area contributed by atoms with Gasteiger partial charge in [0, 0.05) is 12.6 Å². The van der Waals surface area contributed by atoms with Crippen LogP contribution in [0.1, 0.15) is 12.8 Å². The summed E-state index contributed by atoms with van der Waals surface area (Å²) >= 11 is 0. The van der Waals surface area contributed by atoms with E-state index >= 15 is 0 Å². The number of nitrogens with zero attached hydrogens (tertiary/aromatic N) is 1. The van der Waals surface area contributed by atoms with E-state index in [1.54, 1.807) is 6.07 Å². The zero-order chi connectivity index (χ0) is 15.4. The summed E-state index contributed by atoms with van der Waals surface area (Å²) in [4.78, 5) is 9.61. The van der Waals surface area contributed by atoms with Crippen molar-refractivity contribution in [1.29, 1.82) is 0 Å². The van der Waals surface area contributed by atoms with E-state index in [1.807, 2.05) is 0 Å². The fraction of sp³-hybridized carbons (Fsp3) is 0.571. The molecule has 0 bridgehead atoms. The highest BCUT2D eigenvalue weighted by atomic mass is 32.2. The van der Waals surface area contributed by atoms with Crippen molar-refractivity contribution >= 4 is 10.0 Å². The Morgan fingerprint density at radius 1 is 1.14 bits per heavy atom. The monoisotopic (exact) mass is 328 g/mol. The van der Waals surface area contributed by atoms with Crippen LogP contribution in [-0.2, 0) is 14.9 Å². The molecule has 2 aliphatic rings. The lowest BCUT2D eigenvalue weighted by molar-refractivity contribution is 0.0756. The molecule has 0 unspecified atom stereocenters. The van der Waals surface area contributed by atoms with Gasteiger partial charge in [0.25, 0.3) is 10.0 Å². The van der Waals surface area contributed by atoms with Crippen LogP contribution in [0.3, 0.4) is 0 Å². The van der Waals surface area contributed by atoms with Gasteiger partial charge in [0.05, 0.1) is 11.5 Å². The minimum absolute atomic E-state index is 0.0953. The van der Waals surface area contributed by atoms with Gasteiger partial charge in [0.15, 0.2) is 11.5 Å². The van der Waals surface area contributed by atoms with Crippen LogP contribution in [-0.4, -0.2) is 52.8 Å². The van der Waals surface area contributed by atoms with Crippen molar-refractivity contribution in [2.75, 3.05) is 39.5 Å². The van der Waals surface area contributed by atoms with Crippen molar-refractivity contribution in [2.45, 2.75) is 17.7 Å². The molecule has 0 spiro atoms. The first-order chi connectivity index (χ1) is 10.6. The highest BCUT2D eigenvalue weighted by Crippen LogP contribution is 2.32. The van der Waals surface area contributed by atoms with Crippen molar-refractivity contribution in [3.8, 4) is 11.5 Å². The fourth-order valence-electron chi connectivity index (χ4n) is 2.54. The lowest BCUT2D eigenvalue weighted by Gasteiger charge is -2.19. The van der Waals surface area contributed by atoms with Crippen molar-refractivity contribution in [3.05, 3.63) is 18.2 Å². The summed E-state index contributed by atoms with van der Waals surface area (Å²) in [7, 11) is -3.72. The maximum absolute atomic E-state index is 12.2. The number of fused-ring (bicyclic) bond motifs is 1. The second-order valence-electron chi connectivity index (χ2n) is 5.29. The van der Waals surface area contributed by atoms with Gasteiger partial charge in [-0.05, 0) is 38.1 Å². The minimum Gasteiger partial charge on any atom is -0.486 e. The number of hydrogen-bond acceptors (Lipinski definition) is 6. The zero-order valence-electron chi connectivity index (χ0n) is 12.3. The molecule has 0 amide bonds. The number of hydrogen-bond donors (Lipinski definition) is 1. The summed E-state index contributed by atoms with van der Waals surface area (Å²) in [5, 5.41) is 0. The number of benzene rings is 1. The lowest BCUT2D eigenvalue weighted by atomic mass is 10.3. The average Bonchev–Trinajstić information content (AvgIpc) is 3.04. The first-order valence-electron chi connectivity index (χ1n) is 7.41. The summed E-state index contributed by atoms with van der Waals surface area (Å²) in [6.07, 6.45) is 2.39. The van der Waals surface area contributed by atoms with Gasteiger partial charge in [0.2, 0.25) is 0 Å². The summed E-state index contributed by atoms with van der Waals surface area (Å²) in [6.45, 7) is 4.04. The predicted octanol–water partition coefficient (Wildman–Crippen LogP) is 0.763. The first kappa shape index (κ1) is 15.5. The highest BCUT2D eigenvalue weighted by molar-refractivity contribution is 7.89. The molecule has 0 radical (unpaired) electrons. The Morgan fingerprint density at radius 2 is 1.86 bits per heavy atom. The molecule has 1 saturated heterocycles. The molecule has 2 heterocycles. The predicted molar refractivity (Wildman–Crippen MR) is 79.4 cm³/mol. The van der Waals surface area contributed by atoms with E-state index in [2.05, 4.69) is 9.79 Å². The largest absolute Gasteiger partial charge is 0.486 e. The summed E-state index contributed by atoms with van der Waals surface area (Å²) in [6, 6.07) is 4.51. The van der Waals surface area contributed by atoms with Gasteiger partial charge in [-0.15, -0.1) is 0 Å². The van der Waals surface area contributed by atoms with E-state index in [9.17, 15) is 8.42 Å². The molecule has 1 aromatic rings. The van der Waals surface area contributed by atoms with Gasteiger partial charge in [0.1, 0.15) is 13.2 Å². The molecular formula is C14H20N2O5S. The normalized spacial score (nSPS) is 18.5. The average molecular weight is 328 g/mol. The van der Waals surface area contributed by atoms with E-state index in [0.717, 1.165) is 19.6 Å². The molecule has 22 heavy (non-hydrogen) atoms. The van der Waals surface area contributed by atoms with Gasteiger partial charge in [-0.2, -0.15) is 0 Å². The fourth-order valence-corrected chi connectivity index (χ4v) is 3.38. The van der Waals surface area contributed by atoms with Gasteiger partial charge >= 0.3 is 0 Å². The van der Waals surface area contributed by atoms with Crippen LogP contribution in [0.2, 0.25) is 0 Å². The molecule has 0 saturated carbocycles. The number of ether oxygens (including phenoxy) is 2. The van der Waals surface area contributed by atoms with E-state index in [1.165, 1.54) is 25.0 Å². The van der Waals surface area contributed by atoms with Crippen LogP contribution in [0.25, 0.3) is 0 Å². The SMILES string of the molecule is O=S(=O)(NOCCN1CCCC1)c1ccc2c(c1)OCCO2. The first-order valence-corrected chi connectivity index (χ1v) is 8.89. The van der Waals surface area contributed by atoms with Gasteiger partial charge in [-0.1, -0.05) is 4.89 Å². The molecule has 3 rings (SSSR count). The molecule has 0 aliphatic carbocycles. The molecule has 0 aromatic heterocycles. The molecule has 1 N–H and O–H groups in total. The number of nitrogens with one attached hydrogen (secondary N) is 1. The third kappa shape index (κ3) is 3.70. The van der Waals surface area contributed by atoms with Crippen LogP contribution in [0.15, 0.2) is 23.1 Å². The Labute approximate surface area is 130 Å². The quantitative estimate of drug-likeness (QED) is 0.614. The topological polar surface area (TPSA) is 77.1 Å². The van der Waals surface area contributed by atoms with E-state index in [0.29, 0.717) is 31.3 Å². The van der Waals surface area contributed by atoms with Gasteiger partial charge in [-0.3, -0.25) is 4.84 Å². The molecule has 122 valence electrons. The summed E-state index contributed by atoms with van der Waals surface area (Å²) < 4.78 is 35.1. The number of likely N-dealkylation sites (tertiary alicyclic amines) is 1. The van der Waals surface area contributed by atoms with E-state index < -0.39 is 10.0 Å². The molecular weight excluding hydrogens is 308 g/mol. The van der Waals surface area contributed by atoms with Gasteiger partial charge in [-0.25, -0.2) is 8.42 Å². The molecule has 1 fully saturated rings. The standard InChI is InChI=1S/C14H20N2O5S/c17-22(18,15-21-8-7-16-5-1-2-6-16)12-3-4-13-14(11-12)20-10-9-19-13/h3-4,11,15H,1-2,5-10H2. The Kier molecular flexibility index (Phi) is 4.82. The molecule has 0 atom stereocenters. The number of rotatable bonds is 6. The summed E-state index contributed by atoms with van der Waals surface area (Å²) in [5.41, 5.74) is 0. The lowest BCUT2D eigenvalue weighted by Crippen LogP contribution is -2.30. The van der Waals surface area contributed by atoms with Crippen molar-refractivity contribution in [3.63, 3.8) is 0 Å². The van der Waals surface area contributed by atoms with Crippen LogP contribution in [0, 0.1) is 0 Å². The molecule has 8 heteroatoms. The van der Waals surface area contributed by atoms with Crippen molar-refractivity contribution in [2.24, 2.45) is 0 Å². The van der Waals surface area contributed by atoms with Crippen LogP contribution in [0.5, 0.6) is 11.5 Å². The highest BCUT2D eigenvalue weighted by Gasteiger charge is 2.19. The minimum atomic E-state index is -3.72.